The highest BCUT2D eigenvalue weighted by Gasteiger charge is 1.68. The summed E-state index contributed by atoms with van der Waals surface area (Å²) < 4.78 is 7.97. The molecule has 11 heavy (non-hydrogen) atoms. The molecule has 0 aliphatic rings. The Balaban J connectivity index is -0.0000000965. The van der Waals surface area contributed by atoms with Crippen LogP contribution >= 0.6 is 0 Å². The predicted molar refractivity (Wildman–Crippen MR) is 40.1 cm³/mol. The fraction of sp³-hybridized carbons (Fsp3) is 0.600. The van der Waals surface area contributed by atoms with Crippen molar-refractivity contribution in [2.75, 3.05) is 21.3 Å². The zero-order valence-corrected chi connectivity index (χ0v) is 6.83. The summed E-state index contributed by atoms with van der Waals surface area (Å²) in [7, 11) is 3.66. The maximum atomic E-state index is 8.95. The Labute approximate surface area is 65.4 Å². The van der Waals surface area contributed by atoms with Crippen molar-refractivity contribution in [3.05, 3.63) is 0 Å². The first-order chi connectivity index (χ1) is 5.18. The molecule has 0 aliphatic carbocycles. The van der Waals surface area contributed by atoms with Crippen LogP contribution in [0, 0.1) is 5.41 Å². The number of carbonyl (C=O) groups is 1. The van der Waals surface area contributed by atoms with Gasteiger partial charge in [-0.05, 0) is 0 Å². The lowest BCUT2D eigenvalue weighted by Crippen LogP contribution is -2.10. The fourth-order valence-corrected chi connectivity index (χ4v) is 0. The Hall–Kier alpha value is -1.30. The number of carbonyl (C=O) groups excluding carboxylic acids is 1. The van der Waals surface area contributed by atoms with Gasteiger partial charge in [0.25, 0.3) is 12.5 Å². The number of hydrogen-bond donors (Lipinski definition) is 3. The second-order valence-corrected chi connectivity index (χ2v) is 0.900. The van der Waals surface area contributed by atoms with E-state index in [4.69, 9.17) is 15.3 Å². The molecule has 0 saturated carbocycles. The third kappa shape index (κ3) is 135. The maximum absolute atomic E-state index is 8.95. The first-order valence-electron chi connectivity index (χ1n) is 2.48. The van der Waals surface area contributed by atoms with Gasteiger partial charge in [0.05, 0.1) is 14.2 Å². The first-order valence-corrected chi connectivity index (χ1v) is 2.48. The van der Waals surface area contributed by atoms with Crippen LogP contribution in [0.4, 0.5) is 0 Å². The summed E-state index contributed by atoms with van der Waals surface area (Å²) in [6.45, 7) is 0.375. The van der Waals surface area contributed by atoms with Crippen LogP contribution in [0.5, 0.6) is 0 Å². The Morgan fingerprint density at radius 1 is 1.55 bits per heavy atom. The zero-order chi connectivity index (χ0) is 9.70. The van der Waals surface area contributed by atoms with E-state index in [2.05, 4.69) is 15.2 Å². The lowest BCUT2D eigenvalue weighted by atomic mass is 11.2. The molecule has 0 fully saturated rings. The van der Waals surface area contributed by atoms with Crippen LogP contribution in [0.3, 0.4) is 0 Å². The fourth-order valence-electron chi connectivity index (χ4n) is 0. The second kappa shape index (κ2) is 23.4. The Morgan fingerprint density at radius 3 is 1.73 bits per heavy atom. The molecule has 4 N–H and O–H groups in total. The van der Waals surface area contributed by atoms with E-state index in [0.29, 0.717) is 6.47 Å². The summed E-state index contributed by atoms with van der Waals surface area (Å²) in [5.41, 5.74) is 4.65. The van der Waals surface area contributed by atoms with Gasteiger partial charge in [-0.2, -0.15) is 0 Å². The summed E-state index contributed by atoms with van der Waals surface area (Å²) in [5, 5.41) is 13.3. The molecule has 0 aromatic rings. The summed E-state index contributed by atoms with van der Waals surface area (Å²) in [4.78, 5) is 8.95. The number of amidine groups is 1. The molecule has 0 atom stereocenters. The summed E-state index contributed by atoms with van der Waals surface area (Å²) in [5.74, 6) is 0. The minimum Gasteiger partial charge on any atom is -0.471 e. The molecule has 68 valence electrons. The van der Waals surface area contributed by atoms with E-state index in [0.717, 1.165) is 7.11 Å². The van der Waals surface area contributed by atoms with Gasteiger partial charge in [0.1, 0.15) is 0 Å². The molecule has 0 bridgehead atoms. The van der Waals surface area contributed by atoms with E-state index in [-0.39, 0.29) is 6.02 Å². The molecule has 0 aliphatic heterocycles. The smallest absolute Gasteiger partial charge is 0.292 e. The molecule has 6 heteroatoms. The third-order valence-corrected chi connectivity index (χ3v) is 0.316. The van der Waals surface area contributed by atoms with Crippen LogP contribution in [0.2, 0.25) is 0 Å². The van der Waals surface area contributed by atoms with Gasteiger partial charge in [0.2, 0.25) is 0 Å². The molecule has 0 saturated heterocycles. The maximum Gasteiger partial charge on any atom is 0.292 e. The van der Waals surface area contributed by atoms with Crippen molar-refractivity contribution in [3.63, 3.8) is 0 Å². The van der Waals surface area contributed by atoms with E-state index in [9.17, 15) is 0 Å². The minimum absolute atomic E-state index is 0.245. The predicted octanol–water partition coefficient (Wildman–Crippen LogP) is -1.08. The van der Waals surface area contributed by atoms with Gasteiger partial charge in [-0.15, -0.1) is 0 Å². The SMILES string of the molecule is CO.COC(=N)N.COC=O. The molecule has 0 unspecified atom stereocenters. The average molecular weight is 166 g/mol. The second-order valence-electron chi connectivity index (χ2n) is 0.900. The number of aliphatic hydroxyl groups is 1. The molecule has 6 nitrogen and oxygen atoms in total. The first kappa shape index (κ1) is 16.4. The molecule has 0 amide bonds. The van der Waals surface area contributed by atoms with Crippen LogP contribution in [0.15, 0.2) is 0 Å². The number of aliphatic hydroxyl groups excluding tert-OH is 1. The van der Waals surface area contributed by atoms with Gasteiger partial charge >= 0.3 is 0 Å². The number of ether oxygens (including phenoxy) is 2. The summed E-state index contributed by atoms with van der Waals surface area (Å²) in [6.07, 6.45) is 0. The molecule has 0 heterocycles. The van der Waals surface area contributed by atoms with Gasteiger partial charge in [-0.1, -0.05) is 0 Å². The highest BCUT2D eigenvalue weighted by Crippen LogP contribution is 1.50. The van der Waals surface area contributed by atoms with Crippen LogP contribution in [-0.2, 0) is 14.3 Å². The Morgan fingerprint density at radius 2 is 1.73 bits per heavy atom. The monoisotopic (exact) mass is 166 g/mol. The lowest BCUT2D eigenvalue weighted by molar-refractivity contribution is -0.126. The molecule has 0 spiro atoms. The van der Waals surface area contributed by atoms with E-state index in [1.54, 1.807) is 0 Å². The number of nitrogens with two attached hydrogens (primary N) is 1. The number of methoxy groups -OCH3 is 2. The number of rotatable bonds is 1. The van der Waals surface area contributed by atoms with Gasteiger partial charge in [0.15, 0.2) is 0 Å². The highest BCUT2D eigenvalue weighted by molar-refractivity contribution is 5.67. The summed E-state index contributed by atoms with van der Waals surface area (Å²) in [6, 6.07) is -0.245. The molecule has 0 aromatic heterocycles. The number of nitrogens with one attached hydrogen (secondary N) is 1. The van der Waals surface area contributed by atoms with Crippen molar-refractivity contribution in [1.29, 1.82) is 5.41 Å². The Kier molecular flexibility index (Phi) is 34.7. The Bertz CT molecular complexity index is 86.6. The lowest BCUT2D eigenvalue weighted by Gasteiger charge is -1.85. The zero-order valence-electron chi connectivity index (χ0n) is 6.83. The largest absolute Gasteiger partial charge is 0.471 e. The molecule has 0 radical (unpaired) electrons. The highest BCUT2D eigenvalue weighted by atomic mass is 16.5. The molecule has 0 rings (SSSR count). The average Bonchev–Trinajstić information content (AvgIpc) is 2.08. The van der Waals surface area contributed by atoms with E-state index < -0.39 is 0 Å². The number of hydrogen-bond acceptors (Lipinski definition) is 5. The van der Waals surface area contributed by atoms with E-state index in [1.165, 1.54) is 14.2 Å². The van der Waals surface area contributed by atoms with E-state index in [1.807, 2.05) is 0 Å². The van der Waals surface area contributed by atoms with E-state index >= 15 is 0 Å². The van der Waals surface area contributed by atoms with Gasteiger partial charge in [-0.25, -0.2) is 0 Å². The van der Waals surface area contributed by atoms with Gasteiger partial charge in [-0.3, -0.25) is 10.2 Å². The molecular formula is C5H14N2O4. The van der Waals surface area contributed by atoms with Crippen LogP contribution < -0.4 is 5.73 Å². The van der Waals surface area contributed by atoms with Crippen LogP contribution in [0.25, 0.3) is 0 Å². The van der Waals surface area contributed by atoms with Crippen molar-refractivity contribution in [2.45, 2.75) is 0 Å². The topological polar surface area (TPSA) is 106 Å². The van der Waals surface area contributed by atoms with Crippen LogP contribution in [-0.4, -0.2) is 38.9 Å². The normalized spacial score (nSPS) is 5.45. The molecule has 0 aromatic carbocycles. The minimum atomic E-state index is -0.245. The van der Waals surface area contributed by atoms with Crippen molar-refractivity contribution in [2.24, 2.45) is 5.73 Å². The van der Waals surface area contributed by atoms with Crippen molar-refractivity contribution in [3.8, 4) is 0 Å². The van der Waals surface area contributed by atoms with Crippen LogP contribution in [0.1, 0.15) is 0 Å². The third-order valence-electron chi connectivity index (χ3n) is 0.316. The van der Waals surface area contributed by atoms with Gasteiger partial charge < -0.3 is 20.3 Å². The standard InChI is InChI=1S/C2H6N2O.C2H4O2.CH4O/c1-5-2(3)4;1-4-2-3;1-2/h1H3,(H3,3,4);2H,1H3;2H,1H3. The van der Waals surface area contributed by atoms with Crippen molar-refractivity contribution >= 4 is 12.5 Å². The quantitative estimate of drug-likeness (QED) is 0.261. The van der Waals surface area contributed by atoms with Crippen molar-refractivity contribution < 1.29 is 19.4 Å². The van der Waals surface area contributed by atoms with Gasteiger partial charge in [0, 0.05) is 7.11 Å². The van der Waals surface area contributed by atoms with Crippen molar-refractivity contribution in [1.82, 2.24) is 0 Å². The molecular weight excluding hydrogens is 152 g/mol. The summed E-state index contributed by atoms with van der Waals surface area (Å²) >= 11 is 0.